The van der Waals surface area contributed by atoms with Gasteiger partial charge in [0.05, 0.1) is 5.69 Å². The number of rotatable bonds is 7. The fraction of sp³-hybridized carbons (Fsp3) is 0.389. The zero-order chi connectivity index (χ0) is 17.5. The van der Waals surface area contributed by atoms with Crippen LogP contribution in [0.15, 0.2) is 36.8 Å². The Bertz CT molecular complexity index is 678. The van der Waals surface area contributed by atoms with Gasteiger partial charge in [-0.1, -0.05) is 17.7 Å². The maximum absolute atomic E-state index is 12.2. The summed E-state index contributed by atoms with van der Waals surface area (Å²) in [6, 6.07) is 5.79. The molecule has 1 heterocycles. The van der Waals surface area contributed by atoms with E-state index in [0.29, 0.717) is 18.0 Å². The molecule has 0 bridgehead atoms. The minimum atomic E-state index is -0.0149. The van der Waals surface area contributed by atoms with Crippen molar-refractivity contribution in [2.24, 2.45) is 0 Å². The standard InChI is InChI=1S/C18H23ClN4O/c1-13(11-15-12-20-8-9-21-15)23(3)10-7-18(24)22-17-6-4-5-16(19)14(17)2/h4-6,8-9,12-13H,7,10-11H2,1-3H3,(H,22,24)/t13-/m1/s1. The van der Waals surface area contributed by atoms with Gasteiger partial charge in [0, 0.05) is 54.7 Å². The van der Waals surface area contributed by atoms with E-state index < -0.39 is 0 Å². The normalized spacial score (nSPS) is 12.2. The second kappa shape index (κ2) is 8.76. The van der Waals surface area contributed by atoms with Crippen molar-refractivity contribution in [2.45, 2.75) is 32.7 Å². The summed E-state index contributed by atoms with van der Waals surface area (Å²) >= 11 is 6.07. The van der Waals surface area contributed by atoms with Crippen molar-refractivity contribution < 1.29 is 4.79 Å². The first-order valence-corrected chi connectivity index (χ1v) is 8.35. The van der Waals surface area contributed by atoms with Crippen LogP contribution in [-0.2, 0) is 11.2 Å². The van der Waals surface area contributed by atoms with Crippen molar-refractivity contribution in [1.29, 1.82) is 0 Å². The summed E-state index contributed by atoms with van der Waals surface area (Å²) in [6.07, 6.45) is 6.37. The maximum atomic E-state index is 12.2. The first-order chi connectivity index (χ1) is 11.5. The summed E-state index contributed by atoms with van der Waals surface area (Å²) in [5, 5.41) is 3.58. The molecular formula is C18H23ClN4O. The Hall–Kier alpha value is -1.98. The lowest BCUT2D eigenvalue weighted by molar-refractivity contribution is -0.116. The maximum Gasteiger partial charge on any atom is 0.225 e. The molecule has 0 fully saturated rings. The minimum Gasteiger partial charge on any atom is -0.326 e. The van der Waals surface area contributed by atoms with Crippen molar-refractivity contribution in [1.82, 2.24) is 14.9 Å². The van der Waals surface area contributed by atoms with Crippen LogP contribution in [0.1, 0.15) is 24.6 Å². The third-order valence-electron chi connectivity index (χ3n) is 4.11. The van der Waals surface area contributed by atoms with Crippen LogP contribution >= 0.6 is 11.6 Å². The quantitative estimate of drug-likeness (QED) is 0.835. The number of amides is 1. The SMILES string of the molecule is Cc1c(Cl)cccc1NC(=O)CCN(C)[C@H](C)Cc1cnccn1. The van der Waals surface area contributed by atoms with Gasteiger partial charge in [-0.2, -0.15) is 0 Å². The lowest BCUT2D eigenvalue weighted by atomic mass is 10.1. The Balaban J connectivity index is 1.81. The number of anilines is 1. The van der Waals surface area contributed by atoms with E-state index in [1.807, 2.05) is 32.2 Å². The lowest BCUT2D eigenvalue weighted by Gasteiger charge is -2.24. The van der Waals surface area contributed by atoms with Gasteiger partial charge in [-0.15, -0.1) is 0 Å². The van der Waals surface area contributed by atoms with Gasteiger partial charge in [0.1, 0.15) is 0 Å². The molecule has 5 nitrogen and oxygen atoms in total. The Kier molecular flexibility index (Phi) is 6.70. The van der Waals surface area contributed by atoms with Gasteiger partial charge in [0.2, 0.25) is 5.91 Å². The number of carbonyl (C=O) groups excluding carboxylic acids is 1. The molecule has 24 heavy (non-hydrogen) atoms. The van der Waals surface area contributed by atoms with Gasteiger partial charge in [0.15, 0.2) is 0 Å². The van der Waals surface area contributed by atoms with E-state index in [1.165, 1.54) is 0 Å². The van der Waals surface area contributed by atoms with Crippen molar-refractivity contribution in [3.05, 3.63) is 53.1 Å². The van der Waals surface area contributed by atoms with Gasteiger partial charge >= 0.3 is 0 Å². The molecule has 1 N–H and O–H groups in total. The van der Waals surface area contributed by atoms with Gasteiger partial charge in [-0.25, -0.2) is 0 Å². The van der Waals surface area contributed by atoms with Crippen LogP contribution in [0.25, 0.3) is 0 Å². The molecule has 2 aromatic rings. The van der Waals surface area contributed by atoms with E-state index in [0.717, 1.165) is 23.4 Å². The van der Waals surface area contributed by atoms with Gasteiger partial charge < -0.3 is 10.2 Å². The number of aromatic nitrogens is 2. The lowest BCUT2D eigenvalue weighted by Crippen LogP contribution is -2.33. The van der Waals surface area contributed by atoms with Crippen LogP contribution < -0.4 is 5.32 Å². The average molecular weight is 347 g/mol. The zero-order valence-electron chi connectivity index (χ0n) is 14.3. The highest BCUT2D eigenvalue weighted by molar-refractivity contribution is 6.31. The summed E-state index contributed by atoms with van der Waals surface area (Å²) in [7, 11) is 2.01. The Morgan fingerprint density at radius 1 is 1.38 bits per heavy atom. The topological polar surface area (TPSA) is 58.1 Å². The van der Waals surface area contributed by atoms with E-state index in [4.69, 9.17) is 11.6 Å². The molecule has 0 spiro atoms. The first-order valence-electron chi connectivity index (χ1n) is 7.97. The number of benzene rings is 1. The third-order valence-corrected chi connectivity index (χ3v) is 4.52. The highest BCUT2D eigenvalue weighted by Crippen LogP contribution is 2.23. The molecular weight excluding hydrogens is 324 g/mol. The zero-order valence-corrected chi connectivity index (χ0v) is 15.0. The van der Waals surface area contributed by atoms with Crippen LogP contribution in [0.2, 0.25) is 5.02 Å². The number of likely N-dealkylation sites (N-methyl/N-ethyl adjacent to an activating group) is 1. The summed E-state index contributed by atoms with van der Waals surface area (Å²) in [5.41, 5.74) is 2.61. The van der Waals surface area contributed by atoms with Crippen LogP contribution in [-0.4, -0.2) is 40.4 Å². The molecule has 6 heteroatoms. The number of hydrogen-bond donors (Lipinski definition) is 1. The number of carbonyl (C=O) groups is 1. The fourth-order valence-electron chi connectivity index (χ4n) is 2.35. The van der Waals surface area contributed by atoms with Crippen molar-refractivity contribution in [2.75, 3.05) is 18.9 Å². The molecule has 1 aromatic heterocycles. The van der Waals surface area contributed by atoms with E-state index in [1.54, 1.807) is 18.6 Å². The van der Waals surface area contributed by atoms with E-state index in [-0.39, 0.29) is 11.9 Å². The van der Waals surface area contributed by atoms with E-state index >= 15 is 0 Å². The monoisotopic (exact) mass is 346 g/mol. The fourth-order valence-corrected chi connectivity index (χ4v) is 2.52. The molecule has 0 aliphatic heterocycles. The highest BCUT2D eigenvalue weighted by Gasteiger charge is 2.13. The summed E-state index contributed by atoms with van der Waals surface area (Å²) in [4.78, 5) is 22.7. The van der Waals surface area contributed by atoms with Crippen LogP contribution in [0.4, 0.5) is 5.69 Å². The molecule has 128 valence electrons. The summed E-state index contributed by atoms with van der Waals surface area (Å²) < 4.78 is 0. The van der Waals surface area contributed by atoms with E-state index in [2.05, 4.69) is 27.1 Å². The molecule has 0 aliphatic rings. The van der Waals surface area contributed by atoms with Gasteiger partial charge in [-0.05, 0) is 38.6 Å². The average Bonchev–Trinajstić information content (AvgIpc) is 2.57. The number of nitrogens with one attached hydrogen (secondary N) is 1. The smallest absolute Gasteiger partial charge is 0.225 e. The van der Waals surface area contributed by atoms with Gasteiger partial charge in [-0.3, -0.25) is 14.8 Å². The molecule has 0 radical (unpaired) electrons. The Morgan fingerprint density at radius 2 is 2.17 bits per heavy atom. The Morgan fingerprint density at radius 3 is 2.88 bits per heavy atom. The van der Waals surface area contributed by atoms with Crippen LogP contribution in [0.3, 0.4) is 0 Å². The Labute approximate surface area is 148 Å². The summed E-state index contributed by atoms with van der Waals surface area (Å²) in [5.74, 6) is -0.0149. The van der Waals surface area contributed by atoms with Crippen molar-refractivity contribution in [3.63, 3.8) is 0 Å². The molecule has 0 saturated carbocycles. The molecule has 2 rings (SSSR count). The number of halogens is 1. The van der Waals surface area contributed by atoms with Crippen molar-refractivity contribution >= 4 is 23.2 Å². The molecule has 1 amide bonds. The predicted molar refractivity (Wildman–Crippen MR) is 97.3 cm³/mol. The molecule has 0 aliphatic carbocycles. The molecule has 0 unspecified atom stereocenters. The van der Waals surface area contributed by atoms with Crippen LogP contribution in [0, 0.1) is 6.92 Å². The predicted octanol–water partition coefficient (Wildman–Crippen LogP) is 3.33. The third kappa shape index (κ3) is 5.28. The molecule has 0 saturated heterocycles. The second-order valence-corrected chi connectivity index (χ2v) is 6.35. The number of hydrogen-bond acceptors (Lipinski definition) is 4. The molecule has 1 aromatic carbocycles. The largest absolute Gasteiger partial charge is 0.326 e. The van der Waals surface area contributed by atoms with E-state index in [9.17, 15) is 4.79 Å². The highest BCUT2D eigenvalue weighted by atomic mass is 35.5. The first kappa shape index (κ1) is 18.4. The van der Waals surface area contributed by atoms with Gasteiger partial charge in [0.25, 0.3) is 0 Å². The van der Waals surface area contributed by atoms with Crippen LogP contribution in [0.5, 0.6) is 0 Å². The minimum absolute atomic E-state index is 0.0149. The number of nitrogens with zero attached hydrogens (tertiary/aromatic N) is 3. The molecule has 1 atom stereocenters. The second-order valence-electron chi connectivity index (χ2n) is 5.94. The van der Waals surface area contributed by atoms with Crippen molar-refractivity contribution in [3.8, 4) is 0 Å². The summed E-state index contributed by atoms with van der Waals surface area (Å²) in [6.45, 7) is 4.69.